The van der Waals surface area contributed by atoms with Crippen LogP contribution in [-0.2, 0) is 11.3 Å². The van der Waals surface area contributed by atoms with Gasteiger partial charge in [0.05, 0.1) is 12.6 Å². The minimum absolute atomic E-state index is 0.0589. The number of nitrogens with zero attached hydrogens (tertiary/aromatic N) is 2. The molecule has 2 fully saturated rings. The number of hydrogen-bond acceptors (Lipinski definition) is 4. The highest BCUT2D eigenvalue weighted by Crippen LogP contribution is 2.23. The number of hydrogen-bond donors (Lipinski definition) is 1. The Morgan fingerprint density at radius 2 is 2.35 bits per heavy atom. The fraction of sp³-hybridized carbons (Fsp3) is 0.667. The Hall–Kier alpha value is -0.940. The summed E-state index contributed by atoms with van der Waals surface area (Å²) in [7, 11) is 0. The summed E-state index contributed by atoms with van der Waals surface area (Å²) in [6.07, 6.45) is 3.41. The Morgan fingerprint density at radius 1 is 1.53 bits per heavy atom. The number of amides is 1. The molecular formula is C12H17N3OS. The van der Waals surface area contributed by atoms with Crippen LogP contribution < -0.4 is 5.32 Å². The molecule has 1 unspecified atom stereocenters. The third-order valence-electron chi connectivity index (χ3n) is 3.30. The van der Waals surface area contributed by atoms with Gasteiger partial charge in [-0.1, -0.05) is 0 Å². The van der Waals surface area contributed by atoms with E-state index in [4.69, 9.17) is 0 Å². The van der Waals surface area contributed by atoms with Gasteiger partial charge >= 0.3 is 0 Å². The summed E-state index contributed by atoms with van der Waals surface area (Å²) < 4.78 is 0. The highest BCUT2D eigenvalue weighted by atomic mass is 32.1. The molecular weight excluding hydrogens is 234 g/mol. The molecule has 1 aromatic heterocycles. The van der Waals surface area contributed by atoms with Crippen LogP contribution in [0.3, 0.4) is 0 Å². The second-order valence-corrected chi connectivity index (χ2v) is 5.87. The van der Waals surface area contributed by atoms with Crippen molar-refractivity contribution in [2.75, 3.05) is 6.54 Å². The van der Waals surface area contributed by atoms with Crippen molar-refractivity contribution in [3.8, 4) is 0 Å². The molecule has 1 amide bonds. The van der Waals surface area contributed by atoms with Gasteiger partial charge in [0.25, 0.3) is 0 Å². The van der Waals surface area contributed by atoms with Gasteiger partial charge in [0, 0.05) is 23.7 Å². The summed E-state index contributed by atoms with van der Waals surface area (Å²) in [5.41, 5.74) is 1.05. The van der Waals surface area contributed by atoms with Gasteiger partial charge in [-0.05, 0) is 26.2 Å². The number of rotatable bonds is 4. The molecule has 2 aliphatic rings. The van der Waals surface area contributed by atoms with E-state index in [-0.39, 0.29) is 11.9 Å². The lowest BCUT2D eigenvalue weighted by atomic mass is 10.2. The first-order valence-electron chi connectivity index (χ1n) is 6.18. The molecule has 92 valence electrons. The van der Waals surface area contributed by atoms with Gasteiger partial charge in [0.1, 0.15) is 5.01 Å². The Balaban J connectivity index is 1.59. The highest BCUT2D eigenvalue weighted by Gasteiger charge is 2.35. The zero-order valence-electron chi connectivity index (χ0n) is 9.98. The Bertz CT molecular complexity index is 427. The number of nitrogens with one attached hydrogen (secondary N) is 1. The van der Waals surface area contributed by atoms with E-state index in [0.29, 0.717) is 12.6 Å². The molecule has 1 N–H and O–H groups in total. The maximum Gasteiger partial charge on any atom is 0.240 e. The van der Waals surface area contributed by atoms with Crippen LogP contribution in [0.2, 0.25) is 0 Å². The van der Waals surface area contributed by atoms with Crippen LogP contribution in [0.1, 0.15) is 30.0 Å². The van der Waals surface area contributed by atoms with Crippen LogP contribution >= 0.6 is 11.3 Å². The van der Waals surface area contributed by atoms with E-state index in [1.807, 2.05) is 17.2 Å². The molecule has 4 nitrogen and oxygen atoms in total. The summed E-state index contributed by atoms with van der Waals surface area (Å²) in [5, 5.41) is 6.50. The lowest BCUT2D eigenvalue weighted by molar-refractivity contribution is -0.129. The van der Waals surface area contributed by atoms with Crippen LogP contribution in [0.15, 0.2) is 5.38 Å². The molecule has 3 rings (SSSR count). The van der Waals surface area contributed by atoms with Crippen molar-refractivity contribution in [2.24, 2.45) is 0 Å². The molecule has 1 aliphatic heterocycles. The standard InChI is InChI=1S/C12H17N3OS/c1-8-7-17-11(13-8)6-15-5-4-10(12(15)16)14-9-2-3-9/h7,9-10,14H,2-6H2,1H3. The first kappa shape index (κ1) is 11.2. The van der Waals surface area contributed by atoms with Crippen molar-refractivity contribution < 1.29 is 4.79 Å². The van der Waals surface area contributed by atoms with E-state index >= 15 is 0 Å². The predicted molar refractivity (Wildman–Crippen MR) is 66.8 cm³/mol. The number of carbonyl (C=O) groups is 1. The molecule has 1 aromatic rings. The molecule has 1 saturated carbocycles. The number of likely N-dealkylation sites (tertiary alicyclic amines) is 1. The average Bonchev–Trinajstić information content (AvgIpc) is 2.94. The van der Waals surface area contributed by atoms with Crippen molar-refractivity contribution in [2.45, 2.75) is 44.8 Å². The van der Waals surface area contributed by atoms with Crippen molar-refractivity contribution in [1.82, 2.24) is 15.2 Å². The fourth-order valence-electron chi connectivity index (χ4n) is 2.22. The number of aryl methyl sites for hydroxylation is 1. The summed E-state index contributed by atoms with van der Waals surface area (Å²) in [4.78, 5) is 18.5. The number of carbonyl (C=O) groups excluding carboxylic acids is 1. The molecule has 0 aromatic carbocycles. The monoisotopic (exact) mass is 251 g/mol. The second kappa shape index (κ2) is 4.38. The van der Waals surface area contributed by atoms with Crippen LogP contribution in [0.5, 0.6) is 0 Å². The fourth-order valence-corrected chi connectivity index (χ4v) is 3.01. The van der Waals surface area contributed by atoms with Gasteiger partial charge < -0.3 is 10.2 Å². The van der Waals surface area contributed by atoms with Crippen molar-refractivity contribution in [3.05, 3.63) is 16.1 Å². The van der Waals surface area contributed by atoms with Gasteiger partial charge in [-0.25, -0.2) is 4.98 Å². The van der Waals surface area contributed by atoms with Gasteiger partial charge in [0.2, 0.25) is 5.91 Å². The summed E-state index contributed by atoms with van der Waals surface area (Å²) in [6, 6.07) is 0.662. The summed E-state index contributed by atoms with van der Waals surface area (Å²) in [5.74, 6) is 0.254. The zero-order valence-corrected chi connectivity index (χ0v) is 10.8. The lowest BCUT2D eigenvalue weighted by Crippen LogP contribution is -2.39. The molecule has 1 atom stereocenters. The maximum absolute atomic E-state index is 12.1. The van der Waals surface area contributed by atoms with Crippen LogP contribution in [0, 0.1) is 6.92 Å². The van der Waals surface area contributed by atoms with Crippen molar-refractivity contribution in [1.29, 1.82) is 0 Å². The first-order chi connectivity index (χ1) is 8.22. The molecule has 0 bridgehead atoms. The molecule has 17 heavy (non-hydrogen) atoms. The topological polar surface area (TPSA) is 45.2 Å². The van der Waals surface area contributed by atoms with E-state index < -0.39 is 0 Å². The van der Waals surface area contributed by atoms with Crippen LogP contribution in [-0.4, -0.2) is 34.4 Å². The molecule has 2 heterocycles. The Kier molecular flexibility index (Phi) is 2.88. The normalized spacial score (nSPS) is 24.6. The maximum atomic E-state index is 12.1. The van der Waals surface area contributed by atoms with Crippen molar-refractivity contribution in [3.63, 3.8) is 0 Å². The lowest BCUT2D eigenvalue weighted by Gasteiger charge is -2.15. The van der Waals surface area contributed by atoms with E-state index in [9.17, 15) is 4.79 Å². The first-order valence-corrected chi connectivity index (χ1v) is 7.06. The highest BCUT2D eigenvalue weighted by molar-refractivity contribution is 7.09. The smallest absolute Gasteiger partial charge is 0.240 e. The van der Waals surface area contributed by atoms with Crippen LogP contribution in [0.25, 0.3) is 0 Å². The summed E-state index contributed by atoms with van der Waals surface area (Å²) >= 11 is 1.64. The minimum atomic E-state index is 0.0589. The average molecular weight is 251 g/mol. The van der Waals surface area contributed by atoms with E-state index in [2.05, 4.69) is 10.3 Å². The molecule has 0 radical (unpaired) electrons. The van der Waals surface area contributed by atoms with Gasteiger partial charge in [-0.3, -0.25) is 4.79 Å². The van der Waals surface area contributed by atoms with E-state index in [1.165, 1.54) is 12.8 Å². The van der Waals surface area contributed by atoms with Gasteiger partial charge in [0.15, 0.2) is 0 Å². The number of thiazole rings is 1. The molecule has 1 saturated heterocycles. The predicted octanol–water partition coefficient (Wildman–Crippen LogP) is 1.30. The Labute approximate surface area is 105 Å². The molecule has 1 aliphatic carbocycles. The molecule has 0 spiro atoms. The SMILES string of the molecule is Cc1csc(CN2CCC(NC3CC3)C2=O)n1. The van der Waals surface area contributed by atoms with Crippen molar-refractivity contribution >= 4 is 17.2 Å². The summed E-state index contributed by atoms with van der Waals surface area (Å²) in [6.45, 7) is 3.53. The minimum Gasteiger partial charge on any atom is -0.335 e. The Morgan fingerprint density at radius 3 is 3.00 bits per heavy atom. The largest absolute Gasteiger partial charge is 0.335 e. The van der Waals surface area contributed by atoms with E-state index in [1.54, 1.807) is 11.3 Å². The van der Waals surface area contributed by atoms with Crippen LogP contribution in [0.4, 0.5) is 0 Å². The third-order valence-corrected chi connectivity index (χ3v) is 4.26. The number of aromatic nitrogens is 1. The molecule has 5 heteroatoms. The second-order valence-electron chi connectivity index (χ2n) is 4.92. The zero-order chi connectivity index (χ0) is 11.8. The van der Waals surface area contributed by atoms with E-state index in [0.717, 1.165) is 23.7 Å². The third kappa shape index (κ3) is 2.50. The van der Waals surface area contributed by atoms with Gasteiger partial charge in [-0.2, -0.15) is 0 Å². The quantitative estimate of drug-likeness (QED) is 0.877. The van der Waals surface area contributed by atoms with Gasteiger partial charge in [-0.15, -0.1) is 11.3 Å².